The number of aryl methyl sites for hydroxylation is 1. The number of rotatable bonds is 1. The summed E-state index contributed by atoms with van der Waals surface area (Å²) in [5.41, 5.74) is 6.51. The molecule has 0 fully saturated rings. The van der Waals surface area contributed by atoms with Gasteiger partial charge in [-0.3, -0.25) is 5.43 Å². The van der Waals surface area contributed by atoms with Crippen LogP contribution < -0.4 is 14.9 Å². The van der Waals surface area contributed by atoms with E-state index in [4.69, 9.17) is 9.47 Å². The first kappa shape index (κ1) is 24.2. The van der Waals surface area contributed by atoms with E-state index in [1.807, 2.05) is 43.3 Å². The molecule has 5 rings (SSSR count). The Hall–Kier alpha value is -4.50. The summed E-state index contributed by atoms with van der Waals surface area (Å²) in [4.78, 5) is 0.0556. The second kappa shape index (κ2) is 10.6. The number of benzene rings is 4. The van der Waals surface area contributed by atoms with Gasteiger partial charge in [-0.15, -0.1) is 15.3 Å². The first-order valence-electron chi connectivity index (χ1n) is 11.6. The Morgan fingerprint density at radius 1 is 0.703 bits per heavy atom. The van der Waals surface area contributed by atoms with Crippen molar-refractivity contribution < 1.29 is 17.9 Å². The predicted octanol–water partition coefficient (Wildman–Crippen LogP) is 6.41. The summed E-state index contributed by atoms with van der Waals surface area (Å²) in [6.07, 6.45) is 0. The van der Waals surface area contributed by atoms with Crippen molar-refractivity contribution >= 4 is 26.4 Å². The monoisotopic (exact) mass is 512 g/mol. The molecular formula is C28H24N4O4S. The van der Waals surface area contributed by atoms with Crippen molar-refractivity contribution in [2.75, 3.05) is 5.43 Å². The number of amidine groups is 1. The maximum absolute atomic E-state index is 13.5. The topological polar surface area (TPSA) is 102 Å². The van der Waals surface area contributed by atoms with E-state index < -0.39 is 15.0 Å². The maximum Gasteiger partial charge on any atom is 0.289 e. The molecule has 0 radical (unpaired) electrons. The molecule has 0 saturated heterocycles. The summed E-state index contributed by atoms with van der Waals surface area (Å²) in [5.74, 6) is 0.962. The minimum absolute atomic E-state index is 0.0556. The van der Waals surface area contributed by atoms with Crippen LogP contribution >= 0.6 is 0 Å². The number of nitrogens with zero attached hydrogens (tertiary/aromatic N) is 3. The Kier molecular flexibility index (Phi) is 6.96. The summed E-state index contributed by atoms with van der Waals surface area (Å²) in [7, 11) is -4.09. The molecule has 1 N–H and O–H groups in total. The molecule has 1 heterocycles. The fourth-order valence-electron chi connectivity index (χ4n) is 3.66. The van der Waals surface area contributed by atoms with Crippen LogP contribution in [0.15, 0.2) is 117 Å². The molecule has 37 heavy (non-hydrogen) atoms. The van der Waals surface area contributed by atoms with Gasteiger partial charge in [0, 0.05) is 0 Å². The molecule has 9 heteroatoms. The third-order valence-electron chi connectivity index (χ3n) is 5.72. The van der Waals surface area contributed by atoms with E-state index in [0.717, 1.165) is 16.7 Å². The Labute approximate surface area is 215 Å². The highest BCUT2D eigenvalue weighted by Gasteiger charge is 2.24. The third kappa shape index (κ3) is 5.52. The van der Waals surface area contributed by atoms with Gasteiger partial charge in [0.25, 0.3) is 5.17 Å². The lowest BCUT2D eigenvalue weighted by Crippen LogP contribution is -2.15. The molecular weight excluding hydrogens is 488 g/mol. The lowest BCUT2D eigenvalue weighted by Gasteiger charge is -2.14. The molecule has 4 aromatic rings. The molecule has 8 nitrogen and oxygen atoms in total. The van der Waals surface area contributed by atoms with E-state index in [9.17, 15) is 8.42 Å². The summed E-state index contributed by atoms with van der Waals surface area (Å²) in [5, 5.41) is 11.9. The molecule has 1 aliphatic rings. The number of hydrazone groups is 1. The van der Waals surface area contributed by atoms with E-state index in [1.165, 1.54) is 12.1 Å². The summed E-state index contributed by atoms with van der Waals surface area (Å²) >= 11 is 0. The van der Waals surface area contributed by atoms with Crippen LogP contribution in [0.5, 0.6) is 11.5 Å². The maximum atomic E-state index is 13.5. The van der Waals surface area contributed by atoms with E-state index in [1.54, 1.807) is 48.5 Å². The van der Waals surface area contributed by atoms with Crippen LogP contribution in [0.3, 0.4) is 0 Å². The second-order valence-electron chi connectivity index (χ2n) is 8.33. The Morgan fingerprint density at radius 2 is 1.30 bits per heavy atom. The van der Waals surface area contributed by atoms with Gasteiger partial charge < -0.3 is 9.47 Å². The number of sulfone groups is 1. The van der Waals surface area contributed by atoms with Gasteiger partial charge in [-0.25, -0.2) is 8.42 Å². The molecule has 0 saturated carbocycles. The van der Waals surface area contributed by atoms with Crippen LogP contribution in [0.2, 0.25) is 0 Å². The molecule has 4 aromatic carbocycles. The average molecular weight is 513 g/mol. The van der Waals surface area contributed by atoms with Crippen molar-refractivity contribution in [2.24, 2.45) is 15.3 Å². The van der Waals surface area contributed by atoms with E-state index in [-0.39, 0.29) is 18.1 Å². The number of hydrogen-bond acceptors (Lipinski definition) is 8. The Morgan fingerprint density at radius 3 is 2.03 bits per heavy atom. The normalized spacial score (nSPS) is 15.1. The standard InChI is InChI=1S/C28H24N4O4S/c1-20-14-16-23(17-15-20)37(33,34)28-31-29-24-10-4-6-12-26(24)35-18-21-8-2-3-9-22(21)19-36-27-13-7-5-11-25(27)30-32-28/h2-17,29H,18-19H2,1H3/b31-28+,32-30?. The first-order valence-corrected chi connectivity index (χ1v) is 13.1. The number of anilines is 1. The van der Waals surface area contributed by atoms with Crippen LogP contribution in [0.4, 0.5) is 11.4 Å². The zero-order valence-corrected chi connectivity index (χ0v) is 20.9. The average Bonchev–Trinajstić information content (AvgIpc) is 2.92. The number of fused-ring (bicyclic) bond motifs is 3. The molecule has 0 atom stereocenters. The van der Waals surface area contributed by atoms with Crippen LogP contribution in [-0.2, 0) is 23.1 Å². The highest BCUT2D eigenvalue weighted by atomic mass is 32.2. The quantitative estimate of drug-likeness (QED) is 0.318. The predicted molar refractivity (Wildman–Crippen MR) is 142 cm³/mol. The lowest BCUT2D eigenvalue weighted by atomic mass is 10.1. The number of para-hydroxylation sites is 3. The second-order valence-corrected chi connectivity index (χ2v) is 10.2. The van der Waals surface area contributed by atoms with Crippen LogP contribution in [0.1, 0.15) is 16.7 Å². The van der Waals surface area contributed by atoms with Crippen molar-refractivity contribution in [1.29, 1.82) is 0 Å². The third-order valence-corrected chi connectivity index (χ3v) is 7.27. The Balaban J connectivity index is 1.62. The van der Waals surface area contributed by atoms with E-state index in [0.29, 0.717) is 22.9 Å². The van der Waals surface area contributed by atoms with Gasteiger partial charge in [0.15, 0.2) is 0 Å². The van der Waals surface area contributed by atoms with Gasteiger partial charge >= 0.3 is 0 Å². The van der Waals surface area contributed by atoms with Gasteiger partial charge in [-0.05, 0) is 54.4 Å². The molecule has 0 spiro atoms. The first-order chi connectivity index (χ1) is 18.0. The molecule has 186 valence electrons. The molecule has 0 bridgehead atoms. The number of nitrogens with one attached hydrogen (secondary N) is 1. The van der Waals surface area contributed by atoms with Gasteiger partial charge in [0.1, 0.15) is 30.4 Å². The minimum Gasteiger partial charge on any atom is -0.487 e. The zero-order chi connectivity index (χ0) is 25.7. The number of ether oxygens (including phenoxy) is 2. The van der Waals surface area contributed by atoms with Crippen molar-refractivity contribution in [3.05, 3.63) is 114 Å². The highest BCUT2D eigenvalue weighted by molar-refractivity contribution is 8.06. The van der Waals surface area contributed by atoms with Crippen LogP contribution in [0, 0.1) is 6.92 Å². The number of hydrogen-bond donors (Lipinski definition) is 1. The summed E-state index contributed by atoms with van der Waals surface area (Å²) < 4.78 is 39.1. The summed E-state index contributed by atoms with van der Waals surface area (Å²) in [6, 6.07) is 28.5. The number of azo groups is 1. The van der Waals surface area contributed by atoms with E-state index >= 15 is 0 Å². The smallest absolute Gasteiger partial charge is 0.289 e. The fraction of sp³-hybridized carbons (Fsp3) is 0.107. The molecule has 0 aliphatic carbocycles. The van der Waals surface area contributed by atoms with Crippen molar-refractivity contribution in [3.8, 4) is 11.5 Å². The Bertz CT molecular complexity index is 1580. The SMILES string of the molecule is Cc1ccc(S(=O)(=O)/C2=N/Nc3ccccc3OCc3ccccc3COc3ccccc3N=N2)cc1. The highest BCUT2D eigenvalue weighted by Crippen LogP contribution is 2.30. The van der Waals surface area contributed by atoms with Gasteiger partial charge in [-0.1, -0.05) is 66.2 Å². The van der Waals surface area contributed by atoms with Gasteiger partial charge in [0.05, 0.1) is 10.6 Å². The van der Waals surface area contributed by atoms with Crippen molar-refractivity contribution in [3.63, 3.8) is 0 Å². The van der Waals surface area contributed by atoms with Gasteiger partial charge in [-0.2, -0.15) is 0 Å². The largest absolute Gasteiger partial charge is 0.487 e. The van der Waals surface area contributed by atoms with Crippen molar-refractivity contribution in [1.82, 2.24) is 0 Å². The van der Waals surface area contributed by atoms with Gasteiger partial charge in [0.2, 0.25) is 9.84 Å². The summed E-state index contributed by atoms with van der Waals surface area (Å²) in [6.45, 7) is 2.44. The zero-order valence-electron chi connectivity index (χ0n) is 20.0. The van der Waals surface area contributed by atoms with E-state index in [2.05, 4.69) is 20.8 Å². The lowest BCUT2D eigenvalue weighted by molar-refractivity contribution is 0.286. The van der Waals surface area contributed by atoms with Crippen LogP contribution in [0.25, 0.3) is 0 Å². The molecule has 1 aliphatic heterocycles. The van der Waals surface area contributed by atoms with Crippen molar-refractivity contribution in [2.45, 2.75) is 25.0 Å². The molecule has 0 unspecified atom stereocenters. The van der Waals surface area contributed by atoms with Crippen LogP contribution in [-0.4, -0.2) is 13.6 Å². The minimum atomic E-state index is -4.09. The molecule has 0 aromatic heterocycles. The fourth-order valence-corrected chi connectivity index (χ4v) is 4.68. The molecule has 0 amide bonds.